The van der Waals surface area contributed by atoms with Crippen LogP contribution in [-0.4, -0.2) is 36.9 Å². The molecule has 0 amide bonds. The molecule has 3 N–H and O–H groups in total. The Morgan fingerprint density at radius 1 is 1.14 bits per heavy atom. The summed E-state index contributed by atoms with van der Waals surface area (Å²) < 4.78 is 0. The molecule has 21 heavy (non-hydrogen) atoms. The molecule has 0 aromatic heterocycles. The largest absolute Gasteiger partial charge is 0.364 e. The maximum absolute atomic E-state index is 5.97. The van der Waals surface area contributed by atoms with Crippen molar-refractivity contribution in [2.24, 2.45) is 11.7 Å². The van der Waals surface area contributed by atoms with Crippen LogP contribution >= 0.6 is 12.2 Å². The van der Waals surface area contributed by atoms with Crippen LogP contribution in [0.3, 0.4) is 0 Å². The number of hydrogen-bond donors (Lipinski definition) is 2. The van der Waals surface area contributed by atoms with Gasteiger partial charge in [0.05, 0.1) is 6.61 Å². The molecule has 1 saturated carbocycles. The van der Waals surface area contributed by atoms with Gasteiger partial charge in [0, 0.05) is 13.6 Å². The highest BCUT2D eigenvalue weighted by Crippen LogP contribution is 2.24. The van der Waals surface area contributed by atoms with Crippen molar-refractivity contribution in [3.63, 3.8) is 0 Å². The van der Waals surface area contributed by atoms with Gasteiger partial charge in [0.15, 0.2) is 5.11 Å². The molecule has 0 unspecified atom stereocenters. The van der Waals surface area contributed by atoms with Crippen LogP contribution in [0.1, 0.15) is 64.2 Å². The van der Waals surface area contributed by atoms with Crippen LogP contribution in [0.4, 0.5) is 0 Å². The second-order valence-electron chi connectivity index (χ2n) is 6.01. The van der Waals surface area contributed by atoms with Crippen LogP contribution in [0, 0.1) is 5.92 Å². The number of nitrogens with one attached hydrogen (secondary N) is 1. The van der Waals surface area contributed by atoms with E-state index in [2.05, 4.69) is 5.32 Å². The van der Waals surface area contributed by atoms with Gasteiger partial charge in [-0.25, -0.2) is 5.06 Å². The SMILES string of the molecule is CNC(=S)N(CCCCCCCN)OCC1CCCCC1. The minimum absolute atomic E-state index is 0.702. The van der Waals surface area contributed by atoms with Crippen LogP contribution < -0.4 is 11.1 Å². The van der Waals surface area contributed by atoms with Crippen LogP contribution in [0.5, 0.6) is 0 Å². The number of hydrogen-bond acceptors (Lipinski definition) is 3. The molecular weight excluding hydrogens is 282 g/mol. The minimum atomic E-state index is 0.702. The lowest BCUT2D eigenvalue weighted by molar-refractivity contribution is -0.117. The van der Waals surface area contributed by atoms with Crippen molar-refractivity contribution in [2.75, 3.05) is 26.7 Å². The standard InChI is InChI=1S/C16H33N3OS/c1-18-16(21)19(13-9-4-2-3-8-12-17)20-14-15-10-6-5-7-11-15/h15H,2-14,17H2,1H3,(H,18,21). The Morgan fingerprint density at radius 3 is 2.48 bits per heavy atom. The van der Waals surface area contributed by atoms with Crippen molar-refractivity contribution in [3.05, 3.63) is 0 Å². The van der Waals surface area contributed by atoms with E-state index in [1.165, 1.54) is 51.4 Å². The first-order valence-electron chi connectivity index (χ1n) is 8.60. The van der Waals surface area contributed by atoms with E-state index >= 15 is 0 Å². The topological polar surface area (TPSA) is 50.5 Å². The van der Waals surface area contributed by atoms with Crippen molar-refractivity contribution >= 4 is 17.3 Å². The van der Waals surface area contributed by atoms with E-state index < -0.39 is 0 Å². The molecule has 0 radical (unpaired) electrons. The highest BCUT2D eigenvalue weighted by atomic mass is 32.1. The van der Waals surface area contributed by atoms with Gasteiger partial charge in [0.2, 0.25) is 0 Å². The highest BCUT2D eigenvalue weighted by Gasteiger charge is 2.16. The molecule has 0 aliphatic heterocycles. The molecule has 0 aromatic rings. The summed E-state index contributed by atoms with van der Waals surface area (Å²) in [5.74, 6) is 0.713. The lowest BCUT2D eigenvalue weighted by atomic mass is 9.90. The maximum Gasteiger partial charge on any atom is 0.192 e. The van der Waals surface area contributed by atoms with E-state index in [1.54, 1.807) is 0 Å². The molecule has 1 aliphatic carbocycles. The number of nitrogens with zero attached hydrogens (tertiary/aromatic N) is 1. The number of thiocarbonyl (C=S) groups is 1. The Bertz CT molecular complexity index is 270. The summed E-state index contributed by atoms with van der Waals surface area (Å²) in [4.78, 5) is 5.97. The third-order valence-corrected chi connectivity index (χ3v) is 4.60. The second kappa shape index (κ2) is 12.2. The van der Waals surface area contributed by atoms with E-state index in [0.29, 0.717) is 11.0 Å². The molecule has 0 aromatic carbocycles. The molecule has 1 rings (SSSR count). The normalized spacial score (nSPS) is 15.9. The van der Waals surface area contributed by atoms with Crippen molar-refractivity contribution in [1.82, 2.24) is 10.4 Å². The van der Waals surface area contributed by atoms with Gasteiger partial charge in [0.1, 0.15) is 0 Å². The first-order valence-corrected chi connectivity index (χ1v) is 9.01. The van der Waals surface area contributed by atoms with Crippen LogP contribution in [0.25, 0.3) is 0 Å². The summed E-state index contributed by atoms with van der Waals surface area (Å²) in [7, 11) is 1.86. The zero-order valence-electron chi connectivity index (χ0n) is 13.6. The fourth-order valence-corrected chi connectivity index (χ4v) is 2.97. The molecule has 1 aliphatic rings. The summed E-state index contributed by atoms with van der Waals surface area (Å²) in [6, 6.07) is 0. The number of unbranched alkanes of at least 4 members (excludes halogenated alkanes) is 4. The molecule has 0 saturated heterocycles. The van der Waals surface area contributed by atoms with Gasteiger partial charge in [-0.15, -0.1) is 0 Å². The Balaban J connectivity index is 2.19. The number of nitrogens with two attached hydrogens (primary N) is 1. The van der Waals surface area contributed by atoms with Gasteiger partial charge in [-0.3, -0.25) is 4.84 Å². The van der Waals surface area contributed by atoms with Crippen molar-refractivity contribution in [1.29, 1.82) is 0 Å². The number of rotatable bonds is 10. The summed E-state index contributed by atoms with van der Waals surface area (Å²) in [6.45, 7) is 2.50. The summed E-state index contributed by atoms with van der Waals surface area (Å²) in [5, 5.41) is 5.61. The molecule has 0 heterocycles. The van der Waals surface area contributed by atoms with Crippen LogP contribution in [-0.2, 0) is 4.84 Å². The van der Waals surface area contributed by atoms with Crippen LogP contribution in [0.15, 0.2) is 0 Å². The lowest BCUT2D eigenvalue weighted by Gasteiger charge is -2.28. The summed E-state index contributed by atoms with van der Waals surface area (Å²) >= 11 is 5.34. The first kappa shape index (κ1) is 18.7. The predicted octanol–water partition coefficient (Wildman–Crippen LogP) is 3.21. The number of hydroxylamine groups is 2. The Kier molecular flexibility index (Phi) is 10.8. The molecule has 0 spiro atoms. The fourth-order valence-electron chi connectivity index (χ4n) is 2.83. The minimum Gasteiger partial charge on any atom is -0.364 e. The molecule has 0 atom stereocenters. The van der Waals surface area contributed by atoms with Crippen molar-refractivity contribution < 1.29 is 4.84 Å². The van der Waals surface area contributed by atoms with E-state index in [-0.39, 0.29) is 0 Å². The molecule has 5 heteroatoms. The first-order chi connectivity index (χ1) is 10.3. The highest BCUT2D eigenvalue weighted by molar-refractivity contribution is 7.80. The summed E-state index contributed by atoms with van der Waals surface area (Å²) in [5.41, 5.74) is 5.51. The molecule has 1 fully saturated rings. The van der Waals surface area contributed by atoms with Gasteiger partial charge in [-0.2, -0.15) is 0 Å². The van der Waals surface area contributed by atoms with Gasteiger partial charge in [0.25, 0.3) is 0 Å². The van der Waals surface area contributed by atoms with Gasteiger partial charge in [-0.05, 0) is 50.4 Å². The molecule has 4 nitrogen and oxygen atoms in total. The zero-order chi connectivity index (χ0) is 15.3. The Labute approximate surface area is 135 Å². The predicted molar refractivity (Wildman–Crippen MR) is 93.0 cm³/mol. The zero-order valence-corrected chi connectivity index (χ0v) is 14.4. The molecule has 0 bridgehead atoms. The maximum atomic E-state index is 5.97. The smallest absolute Gasteiger partial charge is 0.192 e. The summed E-state index contributed by atoms with van der Waals surface area (Å²) in [6.07, 6.45) is 12.7. The second-order valence-corrected chi connectivity index (χ2v) is 6.40. The van der Waals surface area contributed by atoms with Crippen molar-refractivity contribution in [3.8, 4) is 0 Å². The third kappa shape index (κ3) is 8.59. The van der Waals surface area contributed by atoms with E-state index in [9.17, 15) is 0 Å². The average molecular weight is 316 g/mol. The van der Waals surface area contributed by atoms with Gasteiger partial charge < -0.3 is 11.1 Å². The van der Waals surface area contributed by atoms with Crippen molar-refractivity contribution in [2.45, 2.75) is 64.2 Å². The Hall–Kier alpha value is -0.390. The van der Waals surface area contributed by atoms with Gasteiger partial charge >= 0.3 is 0 Å². The monoisotopic (exact) mass is 315 g/mol. The lowest BCUT2D eigenvalue weighted by Crippen LogP contribution is -2.39. The average Bonchev–Trinajstić information content (AvgIpc) is 2.53. The molecular formula is C16H33N3OS. The van der Waals surface area contributed by atoms with E-state index in [0.717, 1.165) is 32.5 Å². The van der Waals surface area contributed by atoms with Crippen LogP contribution in [0.2, 0.25) is 0 Å². The fraction of sp³-hybridized carbons (Fsp3) is 0.938. The quantitative estimate of drug-likeness (QED) is 0.368. The molecule has 124 valence electrons. The Morgan fingerprint density at radius 2 is 1.81 bits per heavy atom. The van der Waals surface area contributed by atoms with Gasteiger partial charge in [-0.1, -0.05) is 38.5 Å². The van der Waals surface area contributed by atoms with E-state index in [1.807, 2.05) is 12.1 Å². The third-order valence-electron chi connectivity index (χ3n) is 4.20. The van der Waals surface area contributed by atoms with E-state index in [4.69, 9.17) is 22.8 Å².